The van der Waals surface area contributed by atoms with Gasteiger partial charge in [0.2, 0.25) is 0 Å². The molecule has 4 heteroatoms. The Balaban J connectivity index is 4.70. The van der Waals surface area contributed by atoms with E-state index in [-0.39, 0.29) is 16.7 Å². The Morgan fingerprint density at radius 2 is 1.48 bits per heavy atom. The van der Waals surface area contributed by atoms with Crippen LogP contribution in [0.25, 0.3) is 0 Å². The van der Waals surface area contributed by atoms with Gasteiger partial charge in [0.25, 0.3) is 0 Å². The van der Waals surface area contributed by atoms with Gasteiger partial charge >= 0.3 is 5.97 Å². The summed E-state index contributed by atoms with van der Waals surface area (Å²) in [6.07, 6.45) is 0.594. The molecule has 0 aromatic rings. The molecule has 1 N–H and O–H groups in total. The van der Waals surface area contributed by atoms with Crippen molar-refractivity contribution in [2.45, 2.75) is 86.9 Å². The van der Waals surface area contributed by atoms with Crippen molar-refractivity contribution >= 4 is 5.97 Å². The molecule has 0 aromatic heterocycles. The highest BCUT2D eigenvalue weighted by atomic mass is 17.2. The molecular formula is C17H34O4. The van der Waals surface area contributed by atoms with Crippen molar-refractivity contribution in [1.29, 1.82) is 0 Å². The number of carbonyl (C=O) groups is 1. The third kappa shape index (κ3) is 9.86. The summed E-state index contributed by atoms with van der Waals surface area (Å²) < 4.78 is 0. The zero-order valence-electron chi connectivity index (χ0n) is 15.2. The van der Waals surface area contributed by atoms with Gasteiger partial charge in [-0.1, -0.05) is 48.5 Å². The normalized spacial score (nSPS) is 16.6. The monoisotopic (exact) mass is 302 g/mol. The first-order chi connectivity index (χ1) is 9.13. The lowest BCUT2D eigenvalue weighted by atomic mass is 9.83. The van der Waals surface area contributed by atoms with Gasteiger partial charge in [-0.25, -0.2) is 14.6 Å². The third-order valence-electron chi connectivity index (χ3n) is 3.03. The van der Waals surface area contributed by atoms with Crippen LogP contribution in [0, 0.1) is 16.7 Å². The molecule has 0 aliphatic heterocycles. The van der Waals surface area contributed by atoms with Crippen LogP contribution in [0.2, 0.25) is 0 Å². The maximum atomic E-state index is 11.4. The SMILES string of the molecule is CC(CC(C)(C)C)C(OOC(C)(C)CC(C)(C)C)C(=O)O. The highest BCUT2D eigenvalue weighted by molar-refractivity contribution is 5.72. The Kier molecular flexibility index (Phi) is 6.89. The minimum atomic E-state index is -0.974. The van der Waals surface area contributed by atoms with Crippen LogP contribution < -0.4 is 0 Å². The number of carboxylic acid groups (broad SMARTS) is 1. The van der Waals surface area contributed by atoms with E-state index in [0.717, 1.165) is 12.8 Å². The molecule has 2 unspecified atom stereocenters. The summed E-state index contributed by atoms with van der Waals surface area (Å²) in [5, 5.41) is 9.36. The van der Waals surface area contributed by atoms with Crippen LogP contribution in [-0.4, -0.2) is 22.8 Å². The lowest BCUT2D eigenvalue weighted by Gasteiger charge is -2.33. The Bertz CT molecular complexity index is 334. The van der Waals surface area contributed by atoms with E-state index in [9.17, 15) is 9.90 Å². The fraction of sp³-hybridized carbons (Fsp3) is 0.941. The van der Waals surface area contributed by atoms with Crippen molar-refractivity contribution < 1.29 is 19.7 Å². The minimum absolute atomic E-state index is 0.0530. The van der Waals surface area contributed by atoms with Crippen LogP contribution >= 0.6 is 0 Å². The quantitative estimate of drug-likeness (QED) is 0.548. The first-order valence-electron chi connectivity index (χ1n) is 7.70. The van der Waals surface area contributed by atoms with Crippen LogP contribution in [0.1, 0.15) is 75.2 Å². The molecule has 2 atom stereocenters. The summed E-state index contributed by atoms with van der Waals surface area (Å²) >= 11 is 0. The van der Waals surface area contributed by atoms with Crippen molar-refractivity contribution in [3.8, 4) is 0 Å². The number of aliphatic carboxylic acids is 1. The van der Waals surface area contributed by atoms with E-state index in [1.807, 2.05) is 20.8 Å². The summed E-state index contributed by atoms with van der Waals surface area (Å²) in [5.74, 6) is -1.09. The lowest BCUT2D eigenvalue weighted by Crippen LogP contribution is -2.38. The predicted molar refractivity (Wildman–Crippen MR) is 85.0 cm³/mol. The number of carboxylic acids is 1. The molecular weight excluding hydrogens is 268 g/mol. The predicted octanol–water partition coefficient (Wildman–Crippen LogP) is 4.67. The topological polar surface area (TPSA) is 55.8 Å². The molecule has 21 heavy (non-hydrogen) atoms. The van der Waals surface area contributed by atoms with E-state index in [2.05, 4.69) is 41.5 Å². The van der Waals surface area contributed by atoms with Gasteiger partial charge in [0.05, 0.1) is 5.60 Å². The Morgan fingerprint density at radius 1 is 1.00 bits per heavy atom. The molecule has 0 radical (unpaired) electrons. The van der Waals surface area contributed by atoms with Crippen molar-refractivity contribution in [1.82, 2.24) is 0 Å². The average Bonchev–Trinajstić information content (AvgIpc) is 2.08. The van der Waals surface area contributed by atoms with Crippen molar-refractivity contribution in [3.63, 3.8) is 0 Å². The molecule has 0 aromatic carbocycles. The molecule has 126 valence electrons. The zero-order valence-corrected chi connectivity index (χ0v) is 15.2. The number of hydrogen-bond donors (Lipinski definition) is 1. The molecule has 0 rings (SSSR count). The molecule has 0 saturated heterocycles. The summed E-state index contributed by atoms with van der Waals surface area (Å²) in [6.45, 7) is 18.4. The zero-order chi connectivity index (χ0) is 17.1. The van der Waals surface area contributed by atoms with Crippen molar-refractivity contribution in [3.05, 3.63) is 0 Å². The van der Waals surface area contributed by atoms with Gasteiger partial charge in [0.15, 0.2) is 6.10 Å². The summed E-state index contributed by atoms with van der Waals surface area (Å²) in [6, 6.07) is 0. The second kappa shape index (κ2) is 7.10. The van der Waals surface area contributed by atoms with E-state index in [4.69, 9.17) is 9.78 Å². The summed E-state index contributed by atoms with van der Waals surface area (Å²) in [4.78, 5) is 22.2. The fourth-order valence-electron chi connectivity index (χ4n) is 2.94. The molecule has 0 saturated carbocycles. The van der Waals surface area contributed by atoms with Crippen molar-refractivity contribution in [2.24, 2.45) is 16.7 Å². The molecule has 0 aliphatic carbocycles. The second-order valence-corrected chi connectivity index (χ2v) is 9.18. The maximum Gasteiger partial charge on any atom is 0.336 e. The lowest BCUT2D eigenvalue weighted by molar-refractivity contribution is -0.382. The van der Waals surface area contributed by atoms with Gasteiger partial charge in [-0.15, -0.1) is 0 Å². The Labute approximate surface area is 130 Å². The van der Waals surface area contributed by atoms with Crippen LogP contribution in [0.3, 0.4) is 0 Å². The van der Waals surface area contributed by atoms with Crippen molar-refractivity contribution in [2.75, 3.05) is 0 Å². The molecule has 0 spiro atoms. The summed E-state index contributed by atoms with van der Waals surface area (Å²) in [5.41, 5.74) is -0.382. The van der Waals surface area contributed by atoms with Gasteiger partial charge in [-0.2, -0.15) is 0 Å². The van der Waals surface area contributed by atoms with Gasteiger partial charge in [-0.3, -0.25) is 0 Å². The largest absolute Gasteiger partial charge is 0.479 e. The summed E-state index contributed by atoms with van der Waals surface area (Å²) in [7, 11) is 0. The fourth-order valence-corrected chi connectivity index (χ4v) is 2.94. The maximum absolute atomic E-state index is 11.4. The van der Waals surface area contributed by atoms with Gasteiger partial charge in [0.1, 0.15) is 0 Å². The van der Waals surface area contributed by atoms with E-state index in [1.165, 1.54) is 0 Å². The molecule has 0 amide bonds. The molecule has 0 bridgehead atoms. The number of rotatable bonds is 7. The standard InChI is InChI=1S/C17H34O4/c1-12(10-15(2,3)4)13(14(18)19)20-21-17(8,9)11-16(5,6)7/h12-13H,10-11H2,1-9H3,(H,18,19). The van der Waals surface area contributed by atoms with Gasteiger partial charge < -0.3 is 5.11 Å². The van der Waals surface area contributed by atoms with E-state index in [0.29, 0.717) is 0 Å². The molecule has 0 fully saturated rings. The van der Waals surface area contributed by atoms with Gasteiger partial charge in [-0.05, 0) is 43.4 Å². The Hall–Kier alpha value is -0.610. The molecule has 0 aliphatic rings. The third-order valence-corrected chi connectivity index (χ3v) is 3.03. The molecule has 4 nitrogen and oxygen atoms in total. The first-order valence-corrected chi connectivity index (χ1v) is 7.70. The molecule has 0 heterocycles. The Morgan fingerprint density at radius 3 is 1.81 bits per heavy atom. The second-order valence-electron chi connectivity index (χ2n) is 9.18. The van der Waals surface area contributed by atoms with Crippen LogP contribution in [0.5, 0.6) is 0 Å². The van der Waals surface area contributed by atoms with E-state index in [1.54, 1.807) is 0 Å². The van der Waals surface area contributed by atoms with Crippen LogP contribution in [-0.2, 0) is 14.6 Å². The first kappa shape index (κ1) is 20.4. The van der Waals surface area contributed by atoms with Crippen LogP contribution in [0.4, 0.5) is 0 Å². The minimum Gasteiger partial charge on any atom is -0.479 e. The highest BCUT2D eigenvalue weighted by Crippen LogP contribution is 2.32. The van der Waals surface area contributed by atoms with E-state index >= 15 is 0 Å². The highest BCUT2D eigenvalue weighted by Gasteiger charge is 2.34. The van der Waals surface area contributed by atoms with Crippen LogP contribution in [0.15, 0.2) is 0 Å². The average molecular weight is 302 g/mol. The number of hydrogen-bond acceptors (Lipinski definition) is 3. The smallest absolute Gasteiger partial charge is 0.336 e. The van der Waals surface area contributed by atoms with E-state index < -0.39 is 17.7 Å². The van der Waals surface area contributed by atoms with Gasteiger partial charge in [0, 0.05) is 0 Å².